The van der Waals surface area contributed by atoms with Gasteiger partial charge in [-0.15, -0.1) is 0 Å². The van der Waals surface area contributed by atoms with E-state index in [1.165, 1.54) is 0 Å². The Morgan fingerprint density at radius 1 is 1.60 bits per heavy atom. The molecular formula is CH4NO2P. The Morgan fingerprint density at radius 2 is 2.00 bits per heavy atom. The molecule has 1 fully saturated rings. The lowest BCUT2D eigenvalue weighted by Crippen LogP contribution is -2.10. The van der Waals surface area contributed by atoms with Gasteiger partial charge in [0.15, 0.2) is 6.79 Å². The van der Waals surface area contributed by atoms with Crippen molar-refractivity contribution in [3.63, 3.8) is 0 Å². The van der Waals surface area contributed by atoms with Gasteiger partial charge in [-0.25, -0.2) is 0 Å². The topological polar surface area (TPSA) is 44.5 Å². The molecule has 1 aliphatic heterocycles. The zero-order chi connectivity index (χ0) is 3.70. The van der Waals surface area contributed by atoms with Crippen LogP contribution in [0.25, 0.3) is 0 Å². The van der Waals surface area contributed by atoms with E-state index in [1.54, 1.807) is 0 Å². The Labute approximate surface area is 31.0 Å². The lowest BCUT2D eigenvalue weighted by Gasteiger charge is -2.18. The lowest BCUT2D eigenvalue weighted by molar-refractivity contribution is 0.0386. The van der Waals surface area contributed by atoms with Gasteiger partial charge in [0, 0.05) is 0 Å². The molecule has 0 aromatic carbocycles. The molecule has 1 heterocycles. The summed E-state index contributed by atoms with van der Waals surface area (Å²) in [5, 5.41) is 0. The fourth-order valence-electron chi connectivity index (χ4n) is 0.114. The van der Waals surface area contributed by atoms with Crippen molar-refractivity contribution < 1.29 is 9.05 Å². The quantitative estimate of drug-likeness (QED) is 0.434. The minimum absolute atomic E-state index is 0.391. The van der Waals surface area contributed by atoms with Crippen LogP contribution in [0.5, 0.6) is 0 Å². The summed E-state index contributed by atoms with van der Waals surface area (Å²) in [4.78, 5) is 0. The van der Waals surface area contributed by atoms with E-state index in [-0.39, 0.29) is 0 Å². The molecule has 0 aliphatic carbocycles. The van der Waals surface area contributed by atoms with Gasteiger partial charge in [0.25, 0.3) is 8.53 Å². The summed E-state index contributed by atoms with van der Waals surface area (Å²) in [6.45, 7) is 0.391. The molecule has 0 bridgehead atoms. The summed E-state index contributed by atoms with van der Waals surface area (Å²) >= 11 is 0. The van der Waals surface area contributed by atoms with Crippen molar-refractivity contribution in [2.75, 3.05) is 6.79 Å². The maximum atomic E-state index is 5.00. The maximum absolute atomic E-state index is 5.00. The maximum Gasteiger partial charge on any atom is 0.257 e. The van der Waals surface area contributed by atoms with Gasteiger partial charge in [-0.2, -0.15) is 0 Å². The van der Waals surface area contributed by atoms with Gasteiger partial charge in [0.05, 0.1) is 0 Å². The summed E-state index contributed by atoms with van der Waals surface area (Å²) in [7, 11) is -0.918. The van der Waals surface area contributed by atoms with Gasteiger partial charge in [-0.1, -0.05) is 0 Å². The molecule has 1 saturated heterocycles. The van der Waals surface area contributed by atoms with E-state index in [0.29, 0.717) is 6.79 Å². The second-order valence-corrected chi connectivity index (χ2v) is 1.75. The van der Waals surface area contributed by atoms with Gasteiger partial charge in [-0.3, -0.25) is 14.6 Å². The molecular weight excluding hydrogens is 89.0 g/mol. The average molecular weight is 93.0 g/mol. The van der Waals surface area contributed by atoms with Gasteiger partial charge < -0.3 is 0 Å². The van der Waals surface area contributed by atoms with Crippen LogP contribution in [0.2, 0.25) is 0 Å². The van der Waals surface area contributed by atoms with Crippen LogP contribution in [-0.4, -0.2) is 6.79 Å². The van der Waals surface area contributed by atoms with Crippen molar-refractivity contribution in [2.24, 2.45) is 5.50 Å². The molecule has 0 saturated carbocycles. The highest BCUT2D eigenvalue weighted by Crippen LogP contribution is 2.37. The Balaban J connectivity index is 2.08. The fourth-order valence-corrected chi connectivity index (χ4v) is 0.341. The van der Waals surface area contributed by atoms with Crippen molar-refractivity contribution in [1.82, 2.24) is 0 Å². The highest BCUT2D eigenvalue weighted by Gasteiger charge is 2.12. The summed E-state index contributed by atoms with van der Waals surface area (Å²) in [5.74, 6) is 0. The molecule has 0 aromatic heterocycles. The van der Waals surface area contributed by atoms with Crippen molar-refractivity contribution in [3.8, 4) is 0 Å². The van der Waals surface area contributed by atoms with E-state index in [2.05, 4.69) is 9.05 Å². The molecule has 0 amide bonds. The monoisotopic (exact) mass is 93.0 g/mol. The molecule has 2 N–H and O–H groups in total. The van der Waals surface area contributed by atoms with E-state index in [4.69, 9.17) is 5.50 Å². The zero-order valence-electron chi connectivity index (χ0n) is 2.55. The van der Waals surface area contributed by atoms with Crippen molar-refractivity contribution >= 4 is 8.53 Å². The normalized spacial score (nSPS) is 25.8. The lowest BCUT2D eigenvalue weighted by atomic mass is 11.6. The van der Waals surface area contributed by atoms with E-state index in [0.717, 1.165) is 0 Å². The molecule has 0 spiro atoms. The van der Waals surface area contributed by atoms with Gasteiger partial charge in [0.1, 0.15) is 0 Å². The Hall–Kier alpha value is 0.310. The predicted octanol–water partition coefficient (Wildman–Crippen LogP) is 0.176. The first-order valence-electron chi connectivity index (χ1n) is 1.20. The van der Waals surface area contributed by atoms with E-state index in [9.17, 15) is 0 Å². The number of rotatable bonds is 0. The third-order valence-corrected chi connectivity index (χ3v) is 1.08. The third-order valence-electron chi connectivity index (χ3n) is 0.360. The van der Waals surface area contributed by atoms with Crippen LogP contribution in [0.1, 0.15) is 0 Å². The van der Waals surface area contributed by atoms with Crippen LogP contribution in [0.3, 0.4) is 0 Å². The van der Waals surface area contributed by atoms with Crippen LogP contribution in [0.4, 0.5) is 0 Å². The number of nitrogens with two attached hydrogens (primary N) is 1. The zero-order valence-corrected chi connectivity index (χ0v) is 3.44. The largest absolute Gasteiger partial charge is 0.294 e. The molecule has 1 aliphatic rings. The van der Waals surface area contributed by atoms with Crippen molar-refractivity contribution in [3.05, 3.63) is 0 Å². The first kappa shape index (κ1) is 3.50. The third kappa shape index (κ3) is 0.578. The highest BCUT2D eigenvalue weighted by molar-refractivity contribution is 7.45. The summed E-state index contributed by atoms with van der Waals surface area (Å²) in [6.07, 6.45) is 0. The first-order chi connectivity index (χ1) is 2.39. The van der Waals surface area contributed by atoms with Gasteiger partial charge in [-0.05, 0) is 0 Å². The van der Waals surface area contributed by atoms with Gasteiger partial charge >= 0.3 is 0 Å². The minimum atomic E-state index is -0.918. The van der Waals surface area contributed by atoms with Crippen LogP contribution >= 0.6 is 8.53 Å². The molecule has 3 nitrogen and oxygen atoms in total. The smallest absolute Gasteiger partial charge is 0.257 e. The summed E-state index contributed by atoms with van der Waals surface area (Å²) < 4.78 is 9.10. The molecule has 4 heteroatoms. The van der Waals surface area contributed by atoms with E-state index < -0.39 is 8.53 Å². The Bertz CT molecular complexity index is 36.6. The van der Waals surface area contributed by atoms with E-state index in [1.807, 2.05) is 0 Å². The predicted molar refractivity (Wildman–Crippen MR) is 18.1 cm³/mol. The standard InChI is InChI=1S/CH4NO2P/c2-5-3-1-4-5/h1-2H2. The molecule has 0 atom stereocenters. The minimum Gasteiger partial charge on any atom is -0.294 e. The number of hydrogen-bond acceptors (Lipinski definition) is 3. The molecule has 0 unspecified atom stereocenters. The SMILES string of the molecule is NP1OCO1. The molecule has 0 radical (unpaired) electrons. The first-order valence-corrected chi connectivity index (χ1v) is 2.45. The second kappa shape index (κ2) is 1.19. The fraction of sp³-hybridized carbons (Fsp3) is 1.00. The second-order valence-electron chi connectivity index (χ2n) is 0.661. The Kier molecular flexibility index (Phi) is 0.830. The van der Waals surface area contributed by atoms with Crippen molar-refractivity contribution in [1.29, 1.82) is 0 Å². The summed E-state index contributed by atoms with van der Waals surface area (Å²) in [6, 6.07) is 0. The highest BCUT2D eigenvalue weighted by atomic mass is 31.2. The van der Waals surface area contributed by atoms with Crippen LogP contribution in [0.15, 0.2) is 0 Å². The van der Waals surface area contributed by atoms with Gasteiger partial charge in [0.2, 0.25) is 0 Å². The molecule has 0 aromatic rings. The molecule has 5 heavy (non-hydrogen) atoms. The van der Waals surface area contributed by atoms with E-state index >= 15 is 0 Å². The van der Waals surface area contributed by atoms with Crippen molar-refractivity contribution in [2.45, 2.75) is 0 Å². The number of hydrogen-bond donors (Lipinski definition) is 1. The molecule has 30 valence electrons. The summed E-state index contributed by atoms with van der Waals surface area (Å²) in [5.41, 5.74) is 5.00. The average Bonchev–Trinajstić information content (AvgIpc) is 1.30. The van der Waals surface area contributed by atoms with Crippen LogP contribution < -0.4 is 5.50 Å². The Morgan fingerprint density at radius 3 is 2.00 bits per heavy atom. The van der Waals surface area contributed by atoms with Crippen LogP contribution in [-0.2, 0) is 9.05 Å². The molecule has 1 rings (SSSR count). The van der Waals surface area contributed by atoms with Crippen LogP contribution in [0, 0.1) is 0 Å².